The van der Waals surface area contributed by atoms with Crippen LogP contribution < -0.4 is 0 Å². The molecule has 0 spiro atoms. The topological polar surface area (TPSA) is 29.5 Å². The van der Waals surface area contributed by atoms with E-state index in [9.17, 15) is 4.79 Å². The van der Waals surface area contributed by atoms with Crippen LogP contribution in [0.2, 0.25) is 0 Å². The van der Waals surface area contributed by atoms with E-state index in [2.05, 4.69) is 0 Å². The first kappa shape index (κ1) is 12.5. The number of benzene rings is 1. The van der Waals surface area contributed by atoms with Gasteiger partial charge in [-0.2, -0.15) is 0 Å². The molecular weight excluding hydrogens is 238 g/mol. The van der Waals surface area contributed by atoms with Crippen LogP contribution in [0.25, 0.3) is 0 Å². The minimum Gasteiger partial charge on any atom is -0.445 e. The predicted molar refractivity (Wildman–Crippen MR) is 73.6 cm³/mol. The van der Waals surface area contributed by atoms with E-state index in [1.54, 1.807) is 0 Å². The zero-order valence-corrected chi connectivity index (χ0v) is 11.3. The molecule has 1 aromatic carbocycles. The lowest BCUT2D eigenvalue weighted by Gasteiger charge is -2.31. The van der Waals surface area contributed by atoms with Crippen molar-refractivity contribution in [2.45, 2.75) is 32.3 Å². The third-order valence-corrected chi connectivity index (χ3v) is 4.29. The molecule has 1 heterocycles. The summed E-state index contributed by atoms with van der Waals surface area (Å²) < 4.78 is 5.37. The quantitative estimate of drug-likeness (QED) is 0.832. The largest absolute Gasteiger partial charge is 0.445 e. The van der Waals surface area contributed by atoms with Gasteiger partial charge in [0, 0.05) is 13.1 Å². The number of piperidine rings is 1. The SMILES string of the molecule is O=C(OCc1ccccc1)N1CCC(C2CC2)CC1. The fourth-order valence-electron chi connectivity index (χ4n) is 2.93. The normalized spacial score (nSPS) is 20.3. The fourth-order valence-corrected chi connectivity index (χ4v) is 2.93. The van der Waals surface area contributed by atoms with Crippen LogP contribution in [0.1, 0.15) is 31.2 Å². The Kier molecular flexibility index (Phi) is 3.72. The van der Waals surface area contributed by atoms with E-state index < -0.39 is 0 Å². The zero-order valence-electron chi connectivity index (χ0n) is 11.3. The van der Waals surface area contributed by atoms with Crippen molar-refractivity contribution in [3.8, 4) is 0 Å². The van der Waals surface area contributed by atoms with Gasteiger partial charge in [-0.3, -0.25) is 0 Å². The van der Waals surface area contributed by atoms with Gasteiger partial charge in [-0.05, 0) is 43.1 Å². The van der Waals surface area contributed by atoms with Gasteiger partial charge in [-0.25, -0.2) is 4.79 Å². The molecule has 1 amide bonds. The van der Waals surface area contributed by atoms with E-state index >= 15 is 0 Å². The maximum Gasteiger partial charge on any atom is 0.410 e. The standard InChI is InChI=1S/C16H21NO2/c18-16(19-12-13-4-2-1-3-5-13)17-10-8-15(9-11-17)14-6-7-14/h1-5,14-15H,6-12H2. The van der Waals surface area contributed by atoms with Gasteiger partial charge in [0.2, 0.25) is 0 Å². The van der Waals surface area contributed by atoms with Gasteiger partial charge in [-0.15, -0.1) is 0 Å². The Morgan fingerprint density at radius 2 is 1.68 bits per heavy atom. The third-order valence-electron chi connectivity index (χ3n) is 4.29. The first-order valence-corrected chi connectivity index (χ1v) is 7.28. The Hall–Kier alpha value is -1.51. The summed E-state index contributed by atoms with van der Waals surface area (Å²) in [5, 5.41) is 0. The van der Waals surface area contributed by atoms with Crippen LogP contribution in [0.15, 0.2) is 30.3 Å². The first-order chi connectivity index (χ1) is 9.33. The van der Waals surface area contributed by atoms with Gasteiger partial charge in [0.1, 0.15) is 6.61 Å². The predicted octanol–water partition coefficient (Wildman–Crippen LogP) is 3.45. The Bertz CT molecular complexity index is 420. The average molecular weight is 259 g/mol. The Balaban J connectivity index is 1.43. The minimum atomic E-state index is -0.155. The summed E-state index contributed by atoms with van der Waals surface area (Å²) in [5.41, 5.74) is 1.05. The molecule has 1 saturated carbocycles. The summed E-state index contributed by atoms with van der Waals surface area (Å²) in [6, 6.07) is 9.85. The average Bonchev–Trinajstić information content (AvgIpc) is 3.31. The molecule has 0 bridgehead atoms. The molecule has 3 nitrogen and oxygen atoms in total. The summed E-state index contributed by atoms with van der Waals surface area (Å²) in [7, 11) is 0. The summed E-state index contributed by atoms with van der Waals surface area (Å²) in [4.78, 5) is 13.8. The molecule has 1 aliphatic heterocycles. The highest BCUT2D eigenvalue weighted by Crippen LogP contribution is 2.41. The monoisotopic (exact) mass is 259 g/mol. The van der Waals surface area contributed by atoms with E-state index in [0.29, 0.717) is 6.61 Å². The lowest BCUT2D eigenvalue weighted by atomic mass is 9.92. The summed E-state index contributed by atoms with van der Waals surface area (Å²) >= 11 is 0. The molecule has 1 saturated heterocycles. The van der Waals surface area contributed by atoms with Crippen LogP contribution in [-0.4, -0.2) is 24.1 Å². The minimum absolute atomic E-state index is 0.155. The lowest BCUT2D eigenvalue weighted by Crippen LogP contribution is -2.39. The van der Waals surface area contributed by atoms with Crippen LogP contribution in [0, 0.1) is 11.8 Å². The lowest BCUT2D eigenvalue weighted by molar-refractivity contribution is 0.0803. The van der Waals surface area contributed by atoms with E-state index in [1.165, 1.54) is 12.8 Å². The number of ether oxygens (including phenoxy) is 1. The van der Waals surface area contributed by atoms with Crippen molar-refractivity contribution in [1.29, 1.82) is 0 Å². The van der Waals surface area contributed by atoms with Gasteiger partial charge in [-0.1, -0.05) is 30.3 Å². The van der Waals surface area contributed by atoms with Crippen LogP contribution in [0.5, 0.6) is 0 Å². The van der Waals surface area contributed by atoms with Crippen molar-refractivity contribution in [2.24, 2.45) is 11.8 Å². The maximum absolute atomic E-state index is 12.0. The van der Waals surface area contributed by atoms with Crippen molar-refractivity contribution < 1.29 is 9.53 Å². The molecule has 102 valence electrons. The number of rotatable bonds is 3. The van der Waals surface area contributed by atoms with Crippen LogP contribution >= 0.6 is 0 Å². The number of likely N-dealkylation sites (tertiary alicyclic amines) is 1. The Morgan fingerprint density at radius 3 is 2.32 bits per heavy atom. The number of carbonyl (C=O) groups excluding carboxylic acids is 1. The Labute approximate surface area is 114 Å². The van der Waals surface area contributed by atoms with Crippen molar-refractivity contribution in [3.05, 3.63) is 35.9 Å². The summed E-state index contributed by atoms with van der Waals surface area (Å²) in [6.07, 6.45) is 4.97. The fraction of sp³-hybridized carbons (Fsp3) is 0.562. The Morgan fingerprint density at radius 1 is 1.05 bits per heavy atom. The van der Waals surface area contributed by atoms with E-state index in [-0.39, 0.29) is 6.09 Å². The second kappa shape index (κ2) is 5.64. The zero-order chi connectivity index (χ0) is 13.1. The molecule has 0 aromatic heterocycles. The van der Waals surface area contributed by atoms with Crippen molar-refractivity contribution in [2.75, 3.05) is 13.1 Å². The smallest absolute Gasteiger partial charge is 0.410 e. The first-order valence-electron chi connectivity index (χ1n) is 7.28. The van der Waals surface area contributed by atoms with Gasteiger partial charge < -0.3 is 9.64 Å². The third kappa shape index (κ3) is 3.28. The highest BCUT2D eigenvalue weighted by Gasteiger charge is 2.34. The molecule has 19 heavy (non-hydrogen) atoms. The molecule has 3 rings (SSSR count). The highest BCUT2D eigenvalue weighted by atomic mass is 16.6. The number of nitrogens with zero attached hydrogens (tertiary/aromatic N) is 1. The highest BCUT2D eigenvalue weighted by molar-refractivity contribution is 5.67. The van der Waals surface area contributed by atoms with Gasteiger partial charge in [0.25, 0.3) is 0 Å². The molecule has 0 unspecified atom stereocenters. The van der Waals surface area contributed by atoms with Crippen molar-refractivity contribution in [3.63, 3.8) is 0 Å². The molecule has 0 radical (unpaired) electrons. The van der Waals surface area contributed by atoms with E-state index in [4.69, 9.17) is 4.74 Å². The molecule has 2 fully saturated rings. The van der Waals surface area contributed by atoms with E-state index in [1.807, 2.05) is 35.2 Å². The maximum atomic E-state index is 12.0. The molecule has 0 N–H and O–H groups in total. The summed E-state index contributed by atoms with van der Waals surface area (Å²) in [5.74, 6) is 1.82. The molecule has 3 heteroatoms. The molecule has 0 atom stereocenters. The van der Waals surface area contributed by atoms with Gasteiger partial charge >= 0.3 is 6.09 Å². The molecule has 1 aliphatic carbocycles. The molecule has 1 aromatic rings. The molecule has 2 aliphatic rings. The van der Waals surface area contributed by atoms with Crippen LogP contribution in [0.3, 0.4) is 0 Å². The second-order valence-corrected chi connectivity index (χ2v) is 5.70. The van der Waals surface area contributed by atoms with Gasteiger partial charge in [0.15, 0.2) is 0 Å². The van der Waals surface area contributed by atoms with Crippen LogP contribution in [-0.2, 0) is 11.3 Å². The van der Waals surface area contributed by atoms with Crippen LogP contribution in [0.4, 0.5) is 4.79 Å². The number of hydrogen-bond donors (Lipinski definition) is 0. The van der Waals surface area contributed by atoms with Crippen molar-refractivity contribution >= 4 is 6.09 Å². The molecular formula is C16H21NO2. The second-order valence-electron chi connectivity index (χ2n) is 5.70. The van der Waals surface area contributed by atoms with E-state index in [0.717, 1.165) is 43.3 Å². The van der Waals surface area contributed by atoms with Gasteiger partial charge in [0.05, 0.1) is 0 Å². The van der Waals surface area contributed by atoms with Crippen molar-refractivity contribution in [1.82, 2.24) is 4.90 Å². The number of hydrogen-bond acceptors (Lipinski definition) is 2. The number of carbonyl (C=O) groups is 1. The summed E-state index contributed by atoms with van der Waals surface area (Å²) in [6.45, 7) is 2.12. The number of amides is 1.